The van der Waals surface area contributed by atoms with Crippen LogP contribution in [0.2, 0.25) is 0 Å². The molecular formula is C22H24N4O4S. The molecule has 0 unspecified atom stereocenters. The van der Waals surface area contributed by atoms with Crippen LogP contribution in [-0.2, 0) is 23.1 Å². The number of aromatic nitrogens is 1. The zero-order valence-corrected chi connectivity index (χ0v) is 17.8. The zero-order chi connectivity index (χ0) is 21.7. The fourth-order valence-corrected chi connectivity index (χ4v) is 4.47. The van der Waals surface area contributed by atoms with E-state index in [9.17, 15) is 13.2 Å². The molecule has 9 heteroatoms. The Balaban J connectivity index is 1.32. The van der Waals surface area contributed by atoms with Crippen molar-refractivity contribution in [3.05, 3.63) is 84.1 Å². The summed E-state index contributed by atoms with van der Waals surface area (Å²) in [6.07, 6.45) is 5.10. The van der Waals surface area contributed by atoms with Crippen LogP contribution in [0.3, 0.4) is 0 Å². The third-order valence-corrected chi connectivity index (χ3v) is 6.63. The number of furan rings is 1. The molecule has 0 radical (unpaired) electrons. The monoisotopic (exact) mass is 440 g/mol. The van der Waals surface area contributed by atoms with Crippen LogP contribution in [0.25, 0.3) is 0 Å². The number of sulfonamides is 1. The molecular weight excluding hydrogens is 416 g/mol. The van der Waals surface area contributed by atoms with Gasteiger partial charge in [-0.2, -0.15) is 0 Å². The molecule has 3 heterocycles. The van der Waals surface area contributed by atoms with Crippen molar-refractivity contribution in [1.29, 1.82) is 0 Å². The molecule has 1 aliphatic rings. The van der Waals surface area contributed by atoms with E-state index in [4.69, 9.17) is 4.42 Å². The highest BCUT2D eigenvalue weighted by Crippen LogP contribution is 2.15. The molecule has 0 atom stereocenters. The third kappa shape index (κ3) is 5.38. The Morgan fingerprint density at radius 3 is 2.45 bits per heavy atom. The van der Waals surface area contributed by atoms with E-state index in [0.29, 0.717) is 24.4 Å². The van der Waals surface area contributed by atoms with Gasteiger partial charge < -0.3 is 9.32 Å². The maximum absolute atomic E-state index is 12.8. The quantitative estimate of drug-likeness (QED) is 0.605. The first-order valence-corrected chi connectivity index (χ1v) is 11.5. The molecule has 1 N–H and O–H groups in total. The Hall–Kier alpha value is -3.01. The minimum absolute atomic E-state index is 0.0688. The number of hydrogen-bond acceptors (Lipinski definition) is 6. The van der Waals surface area contributed by atoms with E-state index in [2.05, 4.69) is 14.6 Å². The number of hydrogen-bond donors (Lipinski definition) is 1. The summed E-state index contributed by atoms with van der Waals surface area (Å²) < 4.78 is 32.5. The van der Waals surface area contributed by atoms with Crippen molar-refractivity contribution in [3.63, 3.8) is 0 Å². The summed E-state index contributed by atoms with van der Waals surface area (Å²) in [5.41, 5.74) is 1.63. The van der Waals surface area contributed by atoms with Crippen LogP contribution in [-0.4, -0.2) is 55.3 Å². The molecule has 2 aromatic heterocycles. The van der Waals surface area contributed by atoms with Crippen LogP contribution in [0.5, 0.6) is 0 Å². The molecule has 8 nitrogen and oxygen atoms in total. The van der Waals surface area contributed by atoms with E-state index in [0.717, 1.165) is 25.2 Å². The van der Waals surface area contributed by atoms with Gasteiger partial charge in [-0.05, 0) is 48.0 Å². The Morgan fingerprint density at radius 2 is 1.81 bits per heavy atom. The molecule has 1 aromatic carbocycles. The fourth-order valence-electron chi connectivity index (χ4n) is 3.48. The van der Waals surface area contributed by atoms with Gasteiger partial charge in [0.2, 0.25) is 10.0 Å². The number of rotatable bonds is 7. The average molecular weight is 441 g/mol. The standard InChI is InChI=1S/C22H24N4O4S/c27-22(26-12-10-25(11-13-26)17-18-3-1-9-23-15-18)19-5-7-21(8-6-19)31(28,29)24-16-20-4-2-14-30-20/h1-9,14-15,24H,10-13,16-17H2. The molecule has 0 saturated carbocycles. The number of amides is 1. The van der Waals surface area contributed by atoms with Crippen molar-refractivity contribution in [2.75, 3.05) is 26.2 Å². The molecule has 0 bridgehead atoms. The largest absolute Gasteiger partial charge is 0.468 e. The predicted octanol–water partition coefficient (Wildman–Crippen LogP) is 2.11. The van der Waals surface area contributed by atoms with E-state index in [1.54, 1.807) is 35.4 Å². The summed E-state index contributed by atoms with van der Waals surface area (Å²) in [5, 5.41) is 0. The van der Waals surface area contributed by atoms with Gasteiger partial charge in [-0.15, -0.1) is 0 Å². The second-order valence-electron chi connectivity index (χ2n) is 7.36. The van der Waals surface area contributed by atoms with Crippen LogP contribution < -0.4 is 4.72 Å². The second-order valence-corrected chi connectivity index (χ2v) is 9.12. The van der Waals surface area contributed by atoms with Gasteiger partial charge in [0.25, 0.3) is 5.91 Å². The minimum atomic E-state index is -3.69. The number of nitrogens with zero attached hydrogens (tertiary/aromatic N) is 3. The van der Waals surface area contributed by atoms with Gasteiger partial charge in [0.05, 0.1) is 17.7 Å². The van der Waals surface area contributed by atoms with E-state index in [1.807, 2.05) is 18.3 Å². The Kier molecular flexibility index (Phi) is 6.45. The van der Waals surface area contributed by atoms with Crippen LogP contribution in [0.4, 0.5) is 0 Å². The average Bonchev–Trinajstić information content (AvgIpc) is 3.33. The smallest absolute Gasteiger partial charge is 0.253 e. The highest BCUT2D eigenvalue weighted by molar-refractivity contribution is 7.89. The van der Waals surface area contributed by atoms with Crippen molar-refractivity contribution in [3.8, 4) is 0 Å². The van der Waals surface area contributed by atoms with Gasteiger partial charge in [0.15, 0.2) is 0 Å². The molecule has 4 rings (SSSR count). The summed E-state index contributed by atoms with van der Waals surface area (Å²) in [7, 11) is -3.69. The number of carbonyl (C=O) groups is 1. The van der Waals surface area contributed by atoms with Crippen LogP contribution >= 0.6 is 0 Å². The lowest BCUT2D eigenvalue weighted by Gasteiger charge is -2.34. The topological polar surface area (TPSA) is 95.7 Å². The number of carbonyl (C=O) groups excluding carboxylic acids is 1. The van der Waals surface area contributed by atoms with Gasteiger partial charge >= 0.3 is 0 Å². The molecule has 31 heavy (non-hydrogen) atoms. The molecule has 1 saturated heterocycles. The summed E-state index contributed by atoms with van der Waals surface area (Å²) in [6.45, 7) is 3.70. The Bertz CT molecular complexity index is 1090. The maximum atomic E-state index is 12.8. The molecule has 1 fully saturated rings. The molecule has 162 valence electrons. The molecule has 3 aromatic rings. The minimum Gasteiger partial charge on any atom is -0.468 e. The van der Waals surface area contributed by atoms with Gasteiger partial charge in [-0.3, -0.25) is 14.7 Å². The van der Waals surface area contributed by atoms with Crippen molar-refractivity contribution >= 4 is 15.9 Å². The van der Waals surface area contributed by atoms with E-state index in [1.165, 1.54) is 18.4 Å². The highest BCUT2D eigenvalue weighted by atomic mass is 32.2. The lowest BCUT2D eigenvalue weighted by molar-refractivity contribution is 0.0628. The lowest BCUT2D eigenvalue weighted by atomic mass is 10.1. The van der Waals surface area contributed by atoms with Gasteiger partial charge in [-0.1, -0.05) is 6.07 Å². The van der Waals surface area contributed by atoms with Crippen LogP contribution in [0.15, 0.2) is 76.5 Å². The summed E-state index contributed by atoms with van der Waals surface area (Å²) in [5.74, 6) is 0.437. The zero-order valence-electron chi connectivity index (χ0n) is 17.0. The fraction of sp³-hybridized carbons (Fsp3) is 0.273. The highest BCUT2D eigenvalue weighted by Gasteiger charge is 2.23. The first kappa shape index (κ1) is 21.2. The molecule has 1 aliphatic heterocycles. The van der Waals surface area contributed by atoms with Crippen LogP contribution in [0.1, 0.15) is 21.7 Å². The molecule has 0 aliphatic carbocycles. The summed E-state index contributed by atoms with van der Waals surface area (Å²) in [6, 6.07) is 13.4. The summed E-state index contributed by atoms with van der Waals surface area (Å²) >= 11 is 0. The SMILES string of the molecule is O=C(c1ccc(S(=O)(=O)NCc2ccco2)cc1)N1CCN(Cc2cccnc2)CC1. The van der Waals surface area contributed by atoms with E-state index < -0.39 is 10.0 Å². The van der Waals surface area contributed by atoms with Gasteiger partial charge in [0, 0.05) is 50.7 Å². The molecule has 1 amide bonds. The number of piperazine rings is 1. The predicted molar refractivity (Wildman–Crippen MR) is 115 cm³/mol. The Morgan fingerprint density at radius 1 is 1.03 bits per heavy atom. The van der Waals surface area contributed by atoms with E-state index in [-0.39, 0.29) is 17.3 Å². The molecule has 0 spiro atoms. The van der Waals surface area contributed by atoms with Crippen molar-refractivity contribution < 1.29 is 17.6 Å². The Labute approximate surface area is 181 Å². The second kappa shape index (κ2) is 9.42. The first-order chi connectivity index (χ1) is 15.0. The summed E-state index contributed by atoms with van der Waals surface area (Å²) in [4.78, 5) is 21.2. The first-order valence-electron chi connectivity index (χ1n) is 10.0. The number of benzene rings is 1. The lowest BCUT2D eigenvalue weighted by Crippen LogP contribution is -2.48. The van der Waals surface area contributed by atoms with Crippen LogP contribution in [0, 0.1) is 0 Å². The van der Waals surface area contributed by atoms with Gasteiger partial charge in [-0.25, -0.2) is 13.1 Å². The number of nitrogens with one attached hydrogen (secondary N) is 1. The van der Waals surface area contributed by atoms with Gasteiger partial charge in [0.1, 0.15) is 5.76 Å². The normalized spacial score (nSPS) is 15.2. The maximum Gasteiger partial charge on any atom is 0.253 e. The van der Waals surface area contributed by atoms with Crippen molar-refractivity contribution in [2.45, 2.75) is 18.0 Å². The third-order valence-electron chi connectivity index (χ3n) is 5.22. The number of pyridine rings is 1. The van der Waals surface area contributed by atoms with Crippen molar-refractivity contribution in [1.82, 2.24) is 19.5 Å². The van der Waals surface area contributed by atoms with E-state index >= 15 is 0 Å². The van der Waals surface area contributed by atoms with Crippen molar-refractivity contribution in [2.24, 2.45) is 0 Å².